The van der Waals surface area contributed by atoms with Crippen LogP contribution in [0, 0.1) is 0 Å². The molecule has 2 aromatic heterocycles. The summed E-state index contributed by atoms with van der Waals surface area (Å²) in [6.07, 6.45) is 1.16. The molecule has 0 radical (unpaired) electrons. The molecule has 11 heteroatoms. The third-order valence-corrected chi connectivity index (χ3v) is 3.66. The molecule has 3 rings (SSSR count). The lowest BCUT2D eigenvalue weighted by Gasteiger charge is -2.10. The first-order valence-corrected chi connectivity index (χ1v) is 7.78. The molecule has 0 fully saturated rings. The minimum absolute atomic E-state index is 0.0572. The van der Waals surface area contributed by atoms with E-state index in [0.29, 0.717) is 5.56 Å². The van der Waals surface area contributed by atoms with Crippen molar-refractivity contribution in [3.63, 3.8) is 0 Å². The standard InChI is InChI=1S/C16H11ClF4N4O2/c1-25-12(8-3-2-4-10(5-8)26-15(18)19)23-24-13(25)11-6-9(17)7-22-14(11)27-16(20)21/h2-7,15-16H,1H3. The average molecular weight is 403 g/mol. The predicted molar refractivity (Wildman–Crippen MR) is 87.9 cm³/mol. The van der Waals surface area contributed by atoms with E-state index in [9.17, 15) is 17.6 Å². The maximum atomic E-state index is 12.6. The fraction of sp³-hybridized carbons (Fsp3) is 0.188. The van der Waals surface area contributed by atoms with Gasteiger partial charge in [-0.15, -0.1) is 10.2 Å². The molecule has 142 valence electrons. The highest BCUT2D eigenvalue weighted by molar-refractivity contribution is 6.30. The zero-order valence-corrected chi connectivity index (χ0v) is 14.4. The predicted octanol–water partition coefficient (Wildman–Crippen LogP) is 4.40. The lowest BCUT2D eigenvalue weighted by molar-refractivity contribution is -0.0526. The van der Waals surface area contributed by atoms with Gasteiger partial charge in [0.25, 0.3) is 0 Å². The van der Waals surface area contributed by atoms with Crippen LogP contribution in [-0.2, 0) is 7.05 Å². The van der Waals surface area contributed by atoms with Crippen LogP contribution in [0.3, 0.4) is 0 Å². The summed E-state index contributed by atoms with van der Waals surface area (Å²) in [5, 5.41) is 8.13. The van der Waals surface area contributed by atoms with Crippen molar-refractivity contribution in [3.8, 4) is 34.4 Å². The molecule has 6 nitrogen and oxygen atoms in total. The quantitative estimate of drug-likeness (QED) is 0.572. The fourth-order valence-electron chi connectivity index (χ4n) is 2.39. The number of rotatable bonds is 6. The van der Waals surface area contributed by atoms with Crippen molar-refractivity contribution < 1.29 is 27.0 Å². The minimum atomic E-state index is -3.09. The third-order valence-electron chi connectivity index (χ3n) is 3.45. The van der Waals surface area contributed by atoms with Gasteiger partial charge in [0.1, 0.15) is 5.75 Å². The fourth-order valence-corrected chi connectivity index (χ4v) is 2.55. The molecule has 0 bridgehead atoms. The van der Waals surface area contributed by atoms with Crippen molar-refractivity contribution in [1.82, 2.24) is 19.7 Å². The molecule has 0 saturated heterocycles. The molecular formula is C16H11ClF4N4O2. The zero-order valence-electron chi connectivity index (χ0n) is 13.6. The Morgan fingerprint density at radius 2 is 1.70 bits per heavy atom. The van der Waals surface area contributed by atoms with E-state index >= 15 is 0 Å². The molecule has 0 aliphatic heterocycles. The summed E-state index contributed by atoms with van der Waals surface area (Å²) >= 11 is 5.90. The van der Waals surface area contributed by atoms with Gasteiger partial charge < -0.3 is 14.0 Å². The number of aromatic nitrogens is 4. The highest BCUT2D eigenvalue weighted by atomic mass is 35.5. The number of halogens is 5. The Hall–Kier alpha value is -2.88. The topological polar surface area (TPSA) is 62.1 Å². The SMILES string of the molecule is Cn1c(-c2cccc(OC(F)F)c2)nnc1-c1cc(Cl)cnc1OC(F)F. The third kappa shape index (κ3) is 4.27. The Bertz CT molecular complexity index is 952. The van der Waals surface area contributed by atoms with Gasteiger partial charge in [0.15, 0.2) is 11.6 Å². The highest BCUT2D eigenvalue weighted by Crippen LogP contribution is 2.32. The van der Waals surface area contributed by atoms with E-state index in [4.69, 9.17) is 11.6 Å². The summed E-state index contributed by atoms with van der Waals surface area (Å²) in [5.41, 5.74) is 0.532. The lowest BCUT2D eigenvalue weighted by Crippen LogP contribution is -2.06. The summed E-state index contributed by atoms with van der Waals surface area (Å²) in [5.74, 6) is 0.00736. The van der Waals surface area contributed by atoms with E-state index in [0.717, 1.165) is 6.20 Å². The number of nitrogens with zero attached hydrogens (tertiary/aromatic N) is 4. The average Bonchev–Trinajstić information content (AvgIpc) is 2.97. The second-order valence-electron chi connectivity index (χ2n) is 5.20. The van der Waals surface area contributed by atoms with E-state index in [2.05, 4.69) is 24.7 Å². The number of hydrogen-bond donors (Lipinski definition) is 0. The van der Waals surface area contributed by atoms with Crippen molar-refractivity contribution in [1.29, 1.82) is 0 Å². The molecular weight excluding hydrogens is 392 g/mol. The summed E-state index contributed by atoms with van der Waals surface area (Å²) in [7, 11) is 1.57. The Labute approximate surface area is 155 Å². The van der Waals surface area contributed by atoms with Crippen LogP contribution in [0.4, 0.5) is 17.6 Å². The Morgan fingerprint density at radius 3 is 2.41 bits per heavy atom. The van der Waals surface area contributed by atoms with Crippen molar-refractivity contribution in [2.45, 2.75) is 13.2 Å². The van der Waals surface area contributed by atoms with Crippen LogP contribution in [0.15, 0.2) is 36.5 Å². The number of hydrogen-bond acceptors (Lipinski definition) is 5. The molecule has 0 aliphatic rings. The Balaban J connectivity index is 2.03. The van der Waals surface area contributed by atoms with Crippen LogP contribution in [0.25, 0.3) is 22.8 Å². The summed E-state index contributed by atoms with van der Waals surface area (Å²) in [4.78, 5) is 3.75. The van der Waals surface area contributed by atoms with E-state index < -0.39 is 13.2 Å². The van der Waals surface area contributed by atoms with Crippen LogP contribution in [0.2, 0.25) is 5.02 Å². The van der Waals surface area contributed by atoms with Gasteiger partial charge in [-0.3, -0.25) is 0 Å². The van der Waals surface area contributed by atoms with Crippen LogP contribution >= 0.6 is 11.6 Å². The first-order valence-electron chi connectivity index (χ1n) is 7.40. The van der Waals surface area contributed by atoms with Crippen molar-refractivity contribution in [2.75, 3.05) is 0 Å². The van der Waals surface area contributed by atoms with Gasteiger partial charge in [-0.25, -0.2) is 4.98 Å². The largest absolute Gasteiger partial charge is 0.435 e. The molecule has 0 unspecified atom stereocenters. The van der Waals surface area contributed by atoms with Gasteiger partial charge in [-0.05, 0) is 18.2 Å². The molecule has 0 atom stereocenters. The maximum absolute atomic E-state index is 12.6. The second-order valence-corrected chi connectivity index (χ2v) is 5.63. The van der Waals surface area contributed by atoms with Crippen LogP contribution in [0.1, 0.15) is 0 Å². The molecule has 0 spiro atoms. The lowest BCUT2D eigenvalue weighted by atomic mass is 10.2. The molecule has 2 heterocycles. The van der Waals surface area contributed by atoms with Crippen molar-refractivity contribution in [2.24, 2.45) is 7.05 Å². The number of benzene rings is 1. The van der Waals surface area contributed by atoms with Crippen LogP contribution < -0.4 is 9.47 Å². The smallest absolute Gasteiger partial charge is 0.388 e. The van der Waals surface area contributed by atoms with E-state index in [1.54, 1.807) is 13.1 Å². The highest BCUT2D eigenvalue weighted by Gasteiger charge is 2.20. The maximum Gasteiger partial charge on any atom is 0.388 e. The number of alkyl halides is 4. The summed E-state index contributed by atoms with van der Waals surface area (Å²) < 4.78 is 60.3. The molecule has 3 aromatic rings. The van der Waals surface area contributed by atoms with Gasteiger partial charge in [-0.1, -0.05) is 23.7 Å². The molecule has 1 aromatic carbocycles. The van der Waals surface area contributed by atoms with E-state index in [1.165, 1.54) is 28.8 Å². The van der Waals surface area contributed by atoms with Gasteiger partial charge in [0.2, 0.25) is 5.88 Å². The van der Waals surface area contributed by atoms with Gasteiger partial charge in [-0.2, -0.15) is 17.6 Å². The normalized spacial score (nSPS) is 11.3. The van der Waals surface area contributed by atoms with Crippen molar-refractivity contribution in [3.05, 3.63) is 41.6 Å². The first kappa shape index (κ1) is 18.9. The molecule has 0 N–H and O–H groups in total. The molecule has 27 heavy (non-hydrogen) atoms. The van der Waals surface area contributed by atoms with Gasteiger partial charge >= 0.3 is 13.2 Å². The number of pyridine rings is 1. The zero-order chi connectivity index (χ0) is 19.6. The van der Waals surface area contributed by atoms with Gasteiger partial charge in [0, 0.05) is 18.8 Å². The second kappa shape index (κ2) is 7.78. The molecule has 0 amide bonds. The first-order chi connectivity index (χ1) is 12.8. The van der Waals surface area contributed by atoms with Gasteiger partial charge in [0.05, 0.1) is 10.6 Å². The minimum Gasteiger partial charge on any atom is -0.435 e. The molecule has 0 saturated carbocycles. The van der Waals surface area contributed by atoms with Crippen LogP contribution in [0.5, 0.6) is 11.6 Å². The monoisotopic (exact) mass is 402 g/mol. The summed E-state index contributed by atoms with van der Waals surface area (Å²) in [6.45, 7) is -6.06. The van der Waals surface area contributed by atoms with Crippen molar-refractivity contribution >= 4 is 11.6 Å². The Kier molecular flexibility index (Phi) is 5.45. The Morgan fingerprint density at radius 1 is 1.00 bits per heavy atom. The van der Waals surface area contributed by atoms with E-state index in [-0.39, 0.29) is 33.9 Å². The number of ether oxygens (including phenoxy) is 2. The van der Waals surface area contributed by atoms with E-state index in [1.807, 2.05) is 0 Å². The molecule has 0 aliphatic carbocycles. The van der Waals surface area contributed by atoms with Crippen LogP contribution in [-0.4, -0.2) is 33.0 Å². The summed E-state index contributed by atoms with van der Waals surface area (Å²) in [6, 6.07) is 7.19.